The third-order valence-corrected chi connectivity index (χ3v) is 5.86. The molecule has 2 rings (SSSR count). The van der Waals surface area contributed by atoms with Gasteiger partial charge in [0.2, 0.25) is 0 Å². The molecule has 1 aliphatic heterocycles. The molecule has 0 bridgehead atoms. The van der Waals surface area contributed by atoms with Crippen LogP contribution in [0, 0.1) is 5.92 Å². The van der Waals surface area contributed by atoms with Gasteiger partial charge in [-0.25, -0.2) is 0 Å². The zero-order valence-electron chi connectivity index (χ0n) is 12.7. The number of nitrogens with zero attached hydrogens (tertiary/aromatic N) is 1. The molecule has 0 aromatic carbocycles. The highest BCUT2D eigenvalue weighted by atomic mass is 127. The highest BCUT2D eigenvalue weighted by Gasteiger charge is 2.31. The van der Waals surface area contributed by atoms with Crippen molar-refractivity contribution in [3.63, 3.8) is 0 Å². The number of hydrogen-bond donors (Lipinski definition) is 0. The van der Waals surface area contributed by atoms with Gasteiger partial charge in [-0.05, 0) is 24.7 Å². The lowest BCUT2D eigenvalue weighted by Gasteiger charge is -2.27. The molecule has 20 heavy (non-hydrogen) atoms. The van der Waals surface area contributed by atoms with Crippen LogP contribution in [0.25, 0.3) is 0 Å². The van der Waals surface area contributed by atoms with E-state index in [1.807, 2.05) is 23.1 Å². The lowest BCUT2D eigenvalue weighted by atomic mass is 9.95. The van der Waals surface area contributed by atoms with Crippen molar-refractivity contribution < 1.29 is 33.3 Å². The molecule has 0 spiro atoms. The van der Waals surface area contributed by atoms with Gasteiger partial charge >= 0.3 is 0 Å². The Hall–Kier alpha value is 0.410. The van der Waals surface area contributed by atoms with Gasteiger partial charge in [-0.1, -0.05) is 13.3 Å². The van der Waals surface area contributed by atoms with E-state index in [9.17, 15) is 4.79 Å². The smallest absolute Gasteiger partial charge is 0.173 e. The monoisotopic (exact) mass is 425 g/mol. The number of carbonyl (C=O) groups is 1. The number of ketones is 1. The van der Waals surface area contributed by atoms with Gasteiger partial charge in [0.25, 0.3) is 0 Å². The molecule has 0 N–H and O–H groups in total. The summed E-state index contributed by atoms with van der Waals surface area (Å²) in [6, 6.07) is 2.16. The number of thiophene rings is 1. The van der Waals surface area contributed by atoms with Crippen molar-refractivity contribution in [1.82, 2.24) is 0 Å². The summed E-state index contributed by atoms with van der Waals surface area (Å²) in [7, 11) is 6.51. The molecular weight excluding hydrogens is 401 g/mol. The Balaban J connectivity index is 0.00000200. The third kappa shape index (κ3) is 4.71. The van der Waals surface area contributed by atoms with E-state index in [4.69, 9.17) is 0 Å². The molecule has 5 heteroatoms. The minimum absolute atomic E-state index is 0. The maximum absolute atomic E-state index is 12.7. The average molecular weight is 425 g/mol. The molecule has 0 saturated carbocycles. The number of aryl methyl sites for hydroxylation is 1. The number of hydrogen-bond acceptors (Lipinski definition) is 3. The summed E-state index contributed by atoms with van der Waals surface area (Å²) in [6.07, 6.45) is 3.27. The number of fused-ring (bicyclic) bond motifs is 1. The van der Waals surface area contributed by atoms with Crippen LogP contribution in [0.3, 0.4) is 0 Å². The Labute approximate surface area is 147 Å². The van der Waals surface area contributed by atoms with Gasteiger partial charge in [-0.3, -0.25) is 4.79 Å². The first-order valence-corrected chi connectivity index (χ1v) is 8.81. The minimum atomic E-state index is 0. The molecule has 1 atom stereocenters. The summed E-state index contributed by atoms with van der Waals surface area (Å²) in [4.78, 5) is 14.1. The SMILES string of the molecule is CCCc1cc2c(s1)SCCC(C[N+](C)(C)C)C2=O.[I-]. The van der Waals surface area contributed by atoms with Crippen molar-refractivity contribution in [1.29, 1.82) is 0 Å². The second kappa shape index (κ2) is 7.61. The van der Waals surface area contributed by atoms with E-state index >= 15 is 0 Å². The summed E-state index contributed by atoms with van der Waals surface area (Å²) in [5.41, 5.74) is 1.01. The lowest BCUT2D eigenvalue weighted by molar-refractivity contribution is -0.872. The van der Waals surface area contributed by atoms with E-state index in [0.717, 1.165) is 41.6 Å². The van der Waals surface area contributed by atoms with Crippen molar-refractivity contribution in [2.45, 2.75) is 30.4 Å². The van der Waals surface area contributed by atoms with Crippen molar-refractivity contribution >= 4 is 28.9 Å². The van der Waals surface area contributed by atoms with Gasteiger partial charge in [0.05, 0.1) is 37.8 Å². The van der Waals surface area contributed by atoms with Crippen LogP contribution >= 0.6 is 23.1 Å². The van der Waals surface area contributed by atoms with Crippen LogP contribution in [0.5, 0.6) is 0 Å². The number of carbonyl (C=O) groups excluding carboxylic acids is 1. The molecule has 1 aromatic rings. The second-order valence-corrected chi connectivity index (χ2v) is 8.84. The fourth-order valence-corrected chi connectivity index (χ4v) is 5.25. The maximum atomic E-state index is 12.7. The first-order chi connectivity index (χ1) is 8.90. The first-order valence-electron chi connectivity index (χ1n) is 7.01. The van der Waals surface area contributed by atoms with E-state index in [2.05, 4.69) is 34.1 Å². The molecule has 0 amide bonds. The Kier molecular flexibility index (Phi) is 7.02. The fraction of sp³-hybridized carbons (Fsp3) is 0.667. The summed E-state index contributed by atoms with van der Waals surface area (Å²) in [5, 5.41) is 0. The number of quaternary nitrogens is 1. The van der Waals surface area contributed by atoms with Gasteiger partial charge in [0, 0.05) is 10.4 Å². The number of thioether (sulfide) groups is 1. The van der Waals surface area contributed by atoms with E-state index in [1.54, 1.807) is 0 Å². The van der Waals surface area contributed by atoms with Crippen LogP contribution in [0.2, 0.25) is 0 Å². The Morgan fingerprint density at radius 1 is 1.35 bits per heavy atom. The van der Waals surface area contributed by atoms with Crippen molar-refractivity contribution in [2.24, 2.45) is 5.92 Å². The van der Waals surface area contributed by atoms with Gasteiger partial charge < -0.3 is 28.5 Å². The van der Waals surface area contributed by atoms with Crippen LogP contribution < -0.4 is 24.0 Å². The van der Waals surface area contributed by atoms with Gasteiger partial charge in [-0.15, -0.1) is 23.1 Å². The number of rotatable bonds is 4. The van der Waals surface area contributed by atoms with Crippen LogP contribution in [0.4, 0.5) is 0 Å². The minimum Gasteiger partial charge on any atom is -1.00 e. The van der Waals surface area contributed by atoms with E-state index in [-0.39, 0.29) is 29.9 Å². The molecule has 2 heterocycles. The van der Waals surface area contributed by atoms with Crippen LogP contribution in [0.15, 0.2) is 10.3 Å². The third-order valence-electron chi connectivity index (χ3n) is 3.35. The second-order valence-electron chi connectivity index (χ2n) is 6.34. The molecule has 1 aliphatic rings. The average Bonchev–Trinajstić information content (AvgIpc) is 2.63. The molecular formula is C15H24INOS2. The zero-order chi connectivity index (χ0) is 14.0. The van der Waals surface area contributed by atoms with Crippen molar-refractivity contribution in [3.8, 4) is 0 Å². The molecule has 0 saturated heterocycles. The van der Waals surface area contributed by atoms with Crippen LogP contribution in [-0.4, -0.2) is 43.7 Å². The predicted molar refractivity (Wildman–Crippen MR) is 84.4 cm³/mol. The molecule has 1 unspecified atom stereocenters. The summed E-state index contributed by atoms with van der Waals surface area (Å²) >= 11 is 3.71. The van der Waals surface area contributed by atoms with Gasteiger partial charge in [0.15, 0.2) is 5.78 Å². The molecule has 2 nitrogen and oxygen atoms in total. The van der Waals surface area contributed by atoms with Gasteiger partial charge in [0.1, 0.15) is 0 Å². The van der Waals surface area contributed by atoms with E-state index in [0.29, 0.717) is 5.78 Å². The summed E-state index contributed by atoms with van der Waals surface area (Å²) in [5.74, 6) is 1.65. The number of halogens is 1. The van der Waals surface area contributed by atoms with E-state index in [1.165, 1.54) is 9.09 Å². The maximum Gasteiger partial charge on any atom is 0.173 e. The summed E-state index contributed by atoms with van der Waals surface area (Å²) in [6.45, 7) is 3.14. The molecule has 0 aliphatic carbocycles. The molecule has 0 radical (unpaired) electrons. The zero-order valence-corrected chi connectivity index (χ0v) is 16.5. The lowest BCUT2D eigenvalue weighted by Crippen LogP contribution is -3.00. The molecule has 1 aromatic heterocycles. The molecule has 0 fully saturated rings. The standard InChI is InChI=1S/C15H24NOS2.HI/c1-5-6-12-9-13-14(17)11(10-16(2,3)4)7-8-18-15(13)19-12;/h9,11H,5-8,10H2,1-4H3;1H/q+1;/p-1. The highest BCUT2D eigenvalue weighted by Crippen LogP contribution is 2.38. The fourth-order valence-electron chi connectivity index (χ4n) is 2.55. The molecule has 114 valence electrons. The topological polar surface area (TPSA) is 17.1 Å². The van der Waals surface area contributed by atoms with Gasteiger partial charge in [-0.2, -0.15) is 0 Å². The first kappa shape index (κ1) is 18.5. The highest BCUT2D eigenvalue weighted by molar-refractivity contribution is 8.01. The largest absolute Gasteiger partial charge is 1.00 e. The van der Waals surface area contributed by atoms with Crippen LogP contribution in [0.1, 0.15) is 35.0 Å². The predicted octanol–water partition coefficient (Wildman–Crippen LogP) is 0.706. The Bertz CT molecular complexity index is 465. The summed E-state index contributed by atoms with van der Waals surface area (Å²) < 4.78 is 2.12. The van der Waals surface area contributed by atoms with E-state index < -0.39 is 0 Å². The van der Waals surface area contributed by atoms with Crippen molar-refractivity contribution in [2.75, 3.05) is 33.4 Å². The van der Waals surface area contributed by atoms with Crippen LogP contribution in [-0.2, 0) is 6.42 Å². The quantitative estimate of drug-likeness (QED) is 0.522. The normalized spacial score (nSPS) is 19.2. The Morgan fingerprint density at radius 2 is 2.05 bits per heavy atom. The number of Topliss-reactive ketones (excluding diaryl/α,β-unsaturated/α-hetero) is 1. The van der Waals surface area contributed by atoms with Crippen molar-refractivity contribution in [3.05, 3.63) is 16.5 Å². The Morgan fingerprint density at radius 3 is 2.65 bits per heavy atom.